The molecule has 0 bridgehead atoms. The molecule has 1 radical (unpaired) electrons. The van der Waals surface area contributed by atoms with Crippen LogP contribution in [0.1, 0.15) is 33.4 Å². The molecule has 3 aromatic rings. The quantitative estimate of drug-likeness (QED) is 0.532. The highest BCUT2D eigenvalue weighted by atomic mass is 14.3. The molecule has 22 heavy (non-hydrogen) atoms. The van der Waals surface area contributed by atoms with Crippen molar-refractivity contribution in [3.05, 3.63) is 93.9 Å². The van der Waals surface area contributed by atoms with Crippen molar-refractivity contribution in [3.8, 4) is 0 Å². The predicted octanol–water partition coefficient (Wildman–Crippen LogP) is 5.76. The van der Waals surface area contributed by atoms with Gasteiger partial charge in [0, 0.05) is 0 Å². The van der Waals surface area contributed by atoms with Gasteiger partial charge in [0.05, 0.1) is 5.92 Å². The van der Waals surface area contributed by atoms with Crippen LogP contribution in [0.15, 0.2) is 54.6 Å². The Morgan fingerprint density at radius 3 is 2.09 bits per heavy atom. The molecule has 1 aliphatic rings. The van der Waals surface area contributed by atoms with Gasteiger partial charge in [0.1, 0.15) is 0 Å². The van der Waals surface area contributed by atoms with Crippen LogP contribution < -0.4 is 0 Å². The highest BCUT2D eigenvalue weighted by molar-refractivity contribution is 5.95. The van der Waals surface area contributed by atoms with Gasteiger partial charge in [-0.1, -0.05) is 60.7 Å². The van der Waals surface area contributed by atoms with Gasteiger partial charge in [-0.2, -0.15) is 0 Å². The van der Waals surface area contributed by atoms with Crippen LogP contribution in [0, 0.1) is 26.7 Å². The molecule has 0 aliphatic heterocycles. The Kier molecular flexibility index (Phi) is 2.94. The van der Waals surface area contributed by atoms with Crippen molar-refractivity contribution in [2.24, 2.45) is 0 Å². The molecule has 0 heterocycles. The number of rotatable bonds is 1. The fourth-order valence-corrected chi connectivity index (χ4v) is 3.62. The van der Waals surface area contributed by atoms with E-state index in [2.05, 4.69) is 81.5 Å². The van der Waals surface area contributed by atoms with E-state index in [0.717, 1.165) is 0 Å². The third-order valence-corrected chi connectivity index (χ3v) is 5.05. The summed E-state index contributed by atoms with van der Waals surface area (Å²) >= 11 is 0. The van der Waals surface area contributed by atoms with E-state index in [9.17, 15) is 0 Å². The second-order valence-corrected chi connectivity index (χ2v) is 6.13. The van der Waals surface area contributed by atoms with Crippen molar-refractivity contribution in [3.63, 3.8) is 0 Å². The van der Waals surface area contributed by atoms with Gasteiger partial charge in [-0.15, -0.1) is 0 Å². The molecule has 0 atom stereocenters. The Morgan fingerprint density at radius 2 is 1.27 bits per heavy atom. The number of allylic oxidation sites excluding steroid dienone is 1. The summed E-state index contributed by atoms with van der Waals surface area (Å²) < 4.78 is 0. The molecule has 0 fully saturated rings. The van der Waals surface area contributed by atoms with Crippen molar-refractivity contribution in [1.29, 1.82) is 0 Å². The van der Waals surface area contributed by atoms with Gasteiger partial charge in [0.2, 0.25) is 0 Å². The van der Waals surface area contributed by atoms with Crippen LogP contribution in [-0.4, -0.2) is 0 Å². The summed E-state index contributed by atoms with van der Waals surface area (Å²) in [5.74, 6) is 1.35. The first-order valence-electron chi connectivity index (χ1n) is 7.82. The Hall–Kier alpha value is -2.34. The van der Waals surface area contributed by atoms with E-state index < -0.39 is 0 Å². The highest BCUT2D eigenvalue weighted by Gasteiger charge is 2.24. The predicted molar refractivity (Wildman–Crippen MR) is 95.1 cm³/mol. The normalized spacial score (nSPS) is 13.8. The van der Waals surface area contributed by atoms with Crippen molar-refractivity contribution in [1.82, 2.24) is 0 Å². The fraction of sp³-hybridized carbons (Fsp3) is 0.136. The van der Waals surface area contributed by atoms with Gasteiger partial charge in [-0.05, 0) is 64.9 Å². The third-order valence-electron chi connectivity index (χ3n) is 5.05. The SMILES string of the molecule is Cc1c(C)c([C]2C=Cc3ccccc32)c2ccccc2c1C. The Bertz CT molecular complexity index is 913. The lowest BCUT2D eigenvalue weighted by atomic mass is 9.82. The molecule has 0 amide bonds. The summed E-state index contributed by atoms with van der Waals surface area (Å²) in [6, 6.07) is 17.4. The van der Waals surface area contributed by atoms with Gasteiger partial charge >= 0.3 is 0 Å². The maximum Gasteiger partial charge on any atom is 0.0572 e. The molecule has 0 unspecified atom stereocenters. The monoisotopic (exact) mass is 283 g/mol. The lowest BCUT2D eigenvalue weighted by Crippen LogP contribution is -2.04. The third kappa shape index (κ3) is 1.77. The number of hydrogen-bond donors (Lipinski definition) is 0. The maximum atomic E-state index is 2.27. The number of benzene rings is 3. The Balaban J connectivity index is 2.07. The molecule has 0 saturated carbocycles. The topological polar surface area (TPSA) is 0 Å². The molecule has 0 saturated heterocycles. The summed E-state index contributed by atoms with van der Waals surface area (Å²) in [7, 11) is 0. The first-order chi connectivity index (χ1) is 10.7. The molecule has 0 aromatic heterocycles. The van der Waals surface area contributed by atoms with E-state index >= 15 is 0 Å². The minimum absolute atomic E-state index is 1.32. The largest absolute Gasteiger partial charge is 0.0674 e. The standard InChI is InChI=1S/C22H19/c1-14-15(2)18-9-6-7-11-20(18)22(16(14)3)21-13-12-17-8-4-5-10-19(17)21/h4-13H,1-3H3. The Labute approximate surface area is 132 Å². The van der Waals surface area contributed by atoms with E-state index in [-0.39, 0.29) is 0 Å². The number of aryl methyl sites for hydroxylation is 1. The first-order valence-corrected chi connectivity index (χ1v) is 7.82. The first kappa shape index (κ1) is 13.3. The number of hydrogen-bond acceptors (Lipinski definition) is 0. The molecule has 0 nitrogen and oxygen atoms in total. The van der Waals surface area contributed by atoms with E-state index in [1.54, 1.807) is 0 Å². The molecular weight excluding hydrogens is 264 g/mol. The van der Waals surface area contributed by atoms with Crippen LogP contribution in [0.4, 0.5) is 0 Å². The van der Waals surface area contributed by atoms with Gasteiger partial charge in [-0.25, -0.2) is 0 Å². The molecule has 4 rings (SSSR count). The van der Waals surface area contributed by atoms with Crippen LogP contribution in [0.3, 0.4) is 0 Å². The van der Waals surface area contributed by atoms with E-state index in [4.69, 9.17) is 0 Å². The number of fused-ring (bicyclic) bond motifs is 2. The zero-order chi connectivity index (χ0) is 15.3. The summed E-state index contributed by atoms with van der Waals surface area (Å²) in [5.41, 5.74) is 8.25. The van der Waals surface area contributed by atoms with Crippen molar-refractivity contribution >= 4 is 16.8 Å². The van der Waals surface area contributed by atoms with Gasteiger partial charge in [0.25, 0.3) is 0 Å². The smallest absolute Gasteiger partial charge is 0.0572 e. The van der Waals surface area contributed by atoms with Crippen LogP contribution in [0.5, 0.6) is 0 Å². The molecule has 0 spiro atoms. The molecule has 0 N–H and O–H groups in total. The Morgan fingerprint density at radius 1 is 0.591 bits per heavy atom. The van der Waals surface area contributed by atoms with Crippen molar-refractivity contribution in [2.45, 2.75) is 20.8 Å². The zero-order valence-corrected chi connectivity index (χ0v) is 13.3. The summed E-state index contributed by atoms with van der Waals surface area (Å²) in [6.07, 6.45) is 4.50. The average Bonchev–Trinajstić information content (AvgIpc) is 2.97. The van der Waals surface area contributed by atoms with E-state index in [1.807, 2.05) is 0 Å². The highest BCUT2D eigenvalue weighted by Crippen LogP contribution is 2.41. The van der Waals surface area contributed by atoms with Crippen LogP contribution >= 0.6 is 0 Å². The molecule has 0 heteroatoms. The second kappa shape index (κ2) is 4.84. The minimum Gasteiger partial charge on any atom is -0.0674 e. The van der Waals surface area contributed by atoms with Gasteiger partial charge in [-0.3, -0.25) is 0 Å². The summed E-state index contributed by atoms with van der Waals surface area (Å²) in [4.78, 5) is 0. The zero-order valence-electron chi connectivity index (χ0n) is 13.3. The van der Waals surface area contributed by atoms with Crippen LogP contribution in [0.2, 0.25) is 0 Å². The fourth-order valence-electron chi connectivity index (χ4n) is 3.62. The average molecular weight is 283 g/mol. The lowest BCUT2D eigenvalue weighted by Gasteiger charge is -2.21. The minimum atomic E-state index is 1.32. The summed E-state index contributed by atoms with van der Waals surface area (Å²) in [6.45, 7) is 6.73. The molecule has 1 aliphatic carbocycles. The molecular formula is C22H19. The maximum absolute atomic E-state index is 2.27. The van der Waals surface area contributed by atoms with Crippen molar-refractivity contribution < 1.29 is 0 Å². The lowest BCUT2D eigenvalue weighted by molar-refractivity contribution is 1.22. The van der Waals surface area contributed by atoms with Crippen LogP contribution in [0.25, 0.3) is 16.8 Å². The van der Waals surface area contributed by atoms with Crippen LogP contribution in [-0.2, 0) is 0 Å². The second-order valence-electron chi connectivity index (χ2n) is 6.13. The summed E-state index contributed by atoms with van der Waals surface area (Å²) in [5, 5.41) is 2.73. The van der Waals surface area contributed by atoms with E-state index in [0.29, 0.717) is 0 Å². The molecule has 3 aromatic carbocycles. The van der Waals surface area contributed by atoms with Gasteiger partial charge < -0.3 is 0 Å². The molecule has 107 valence electrons. The van der Waals surface area contributed by atoms with E-state index in [1.165, 1.54) is 50.1 Å². The van der Waals surface area contributed by atoms with Crippen molar-refractivity contribution in [2.75, 3.05) is 0 Å². The van der Waals surface area contributed by atoms with Gasteiger partial charge in [0.15, 0.2) is 0 Å².